The van der Waals surface area contributed by atoms with E-state index >= 15 is 0 Å². The molecule has 0 aliphatic carbocycles. The molecule has 26 heavy (non-hydrogen) atoms. The third-order valence-corrected chi connectivity index (χ3v) is 5.74. The zero-order valence-electron chi connectivity index (χ0n) is 16.2. The van der Waals surface area contributed by atoms with Crippen LogP contribution in [0, 0.1) is 6.92 Å². The number of rotatable bonds is 7. The van der Waals surface area contributed by atoms with Gasteiger partial charge in [-0.3, -0.25) is 9.69 Å². The first-order chi connectivity index (χ1) is 12.6. The molecular weight excluding hydrogens is 326 g/mol. The predicted octanol–water partition coefficient (Wildman–Crippen LogP) is 2.19. The highest BCUT2D eigenvalue weighted by Crippen LogP contribution is 2.18. The molecule has 0 bridgehead atoms. The number of carbonyl (C=O) groups excluding carboxylic acids is 1. The van der Waals surface area contributed by atoms with Gasteiger partial charge in [0.15, 0.2) is 0 Å². The Labute approximate surface area is 157 Å². The fourth-order valence-electron chi connectivity index (χ4n) is 3.97. The molecule has 2 aliphatic heterocycles. The maximum absolute atomic E-state index is 13.1. The zero-order valence-corrected chi connectivity index (χ0v) is 16.2. The second-order valence-corrected chi connectivity index (χ2v) is 7.73. The van der Waals surface area contributed by atoms with Crippen molar-refractivity contribution in [3.8, 4) is 0 Å². The van der Waals surface area contributed by atoms with Crippen LogP contribution in [-0.2, 0) is 16.1 Å². The van der Waals surface area contributed by atoms with E-state index in [0.717, 1.165) is 45.4 Å². The van der Waals surface area contributed by atoms with Crippen LogP contribution in [0.2, 0.25) is 0 Å². The zero-order chi connectivity index (χ0) is 18.4. The first-order valence-corrected chi connectivity index (χ1v) is 9.98. The monoisotopic (exact) mass is 359 g/mol. The Morgan fingerprint density at radius 3 is 2.69 bits per heavy atom. The number of piperidine rings is 1. The van der Waals surface area contributed by atoms with E-state index < -0.39 is 0 Å². The van der Waals surface area contributed by atoms with Gasteiger partial charge in [0.1, 0.15) is 0 Å². The molecule has 2 saturated heterocycles. The van der Waals surface area contributed by atoms with Crippen LogP contribution in [-0.4, -0.2) is 67.7 Å². The lowest BCUT2D eigenvalue weighted by atomic mass is 10.1. The van der Waals surface area contributed by atoms with Crippen molar-refractivity contribution in [2.75, 3.05) is 39.8 Å². The number of hydrogen-bond donors (Lipinski definition) is 1. The van der Waals surface area contributed by atoms with Gasteiger partial charge in [-0.2, -0.15) is 0 Å². The predicted molar refractivity (Wildman–Crippen MR) is 104 cm³/mol. The number of likely N-dealkylation sites (N-methyl/N-ethyl adjacent to an activating group) is 1. The van der Waals surface area contributed by atoms with Crippen LogP contribution in [0.1, 0.15) is 36.8 Å². The highest BCUT2D eigenvalue weighted by atomic mass is 16.5. The van der Waals surface area contributed by atoms with Gasteiger partial charge in [-0.1, -0.05) is 24.3 Å². The quantitative estimate of drug-likeness (QED) is 0.811. The highest BCUT2D eigenvalue weighted by Gasteiger charge is 2.26. The summed E-state index contributed by atoms with van der Waals surface area (Å²) in [6.07, 6.45) is 4.58. The van der Waals surface area contributed by atoms with Crippen LogP contribution in [0.5, 0.6) is 0 Å². The van der Waals surface area contributed by atoms with E-state index in [1.165, 1.54) is 11.1 Å². The molecule has 1 atom stereocenters. The third kappa shape index (κ3) is 5.29. The standard InChI is InChI=1S/C21H33N3O2/c1-17-6-3-4-7-18(17)14-24(15-20-8-5-13-26-20)21(25)16-23(2)19-9-11-22-12-10-19/h3-4,6-7,19-20,22H,5,8-16H2,1-2H3/t20-/m0/s1. The molecule has 0 radical (unpaired) electrons. The molecule has 1 aromatic carbocycles. The maximum Gasteiger partial charge on any atom is 0.237 e. The molecule has 0 aromatic heterocycles. The summed E-state index contributed by atoms with van der Waals surface area (Å²) in [6, 6.07) is 8.85. The molecule has 144 valence electrons. The second-order valence-electron chi connectivity index (χ2n) is 7.73. The van der Waals surface area contributed by atoms with E-state index in [-0.39, 0.29) is 12.0 Å². The molecular formula is C21H33N3O2. The van der Waals surface area contributed by atoms with Crippen LogP contribution >= 0.6 is 0 Å². The third-order valence-electron chi connectivity index (χ3n) is 5.74. The van der Waals surface area contributed by atoms with Crippen molar-refractivity contribution in [2.24, 2.45) is 0 Å². The minimum absolute atomic E-state index is 0.187. The summed E-state index contributed by atoms with van der Waals surface area (Å²) in [7, 11) is 2.09. The van der Waals surface area contributed by atoms with E-state index in [4.69, 9.17) is 4.74 Å². The minimum atomic E-state index is 0.187. The number of aryl methyl sites for hydroxylation is 1. The smallest absolute Gasteiger partial charge is 0.237 e. The summed E-state index contributed by atoms with van der Waals surface area (Å²) in [5.41, 5.74) is 2.47. The first-order valence-electron chi connectivity index (χ1n) is 9.98. The second kappa shape index (κ2) is 9.49. The summed E-state index contributed by atoms with van der Waals surface area (Å²) in [4.78, 5) is 17.4. The van der Waals surface area contributed by atoms with E-state index in [9.17, 15) is 4.79 Å². The minimum Gasteiger partial charge on any atom is -0.376 e. The van der Waals surface area contributed by atoms with Crippen molar-refractivity contribution in [2.45, 2.75) is 51.3 Å². The van der Waals surface area contributed by atoms with Gasteiger partial charge in [0.2, 0.25) is 5.91 Å². The lowest BCUT2D eigenvalue weighted by Gasteiger charge is -2.33. The maximum atomic E-state index is 13.1. The Kier molecular flexibility index (Phi) is 7.06. The van der Waals surface area contributed by atoms with Crippen LogP contribution in [0.15, 0.2) is 24.3 Å². The topological polar surface area (TPSA) is 44.8 Å². The van der Waals surface area contributed by atoms with Gasteiger partial charge in [0.05, 0.1) is 12.6 Å². The number of carbonyl (C=O) groups is 1. The summed E-state index contributed by atoms with van der Waals surface area (Å²) in [5, 5.41) is 3.39. The fraction of sp³-hybridized carbons (Fsp3) is 0.667. The number of nitrogens with zero attached hydrogens (tertiary/aromatic N) is 2. The van der Waals surface area contributed by atoms with Crippen LogP contribution in [0.3, 0.4) is 0 Å². The van der Waals surface area contributed by atoms with Crippen LogP contribution in [0.25, 0.3) is 0 Å². The van der Waals surface area contributed by atoms with E-state index in [2.05, 4.69) is 48.5 Å². The van der Waals surface area contributed by atoms with E-state index in [1.807, 2.05) is 4.90 Å². The number of amides is 1. The fourth-order valence-corrected chi connectivity index (χ4v) is 3.97. The van der Waals surface area contributed by atoms with Crippen LogP contribution < -0.4 is 5.32 Å². The van der Waals surface area contributed by atoms with Crippen molar-refractivity contribution >= 4 is 5.91 Å². The number of nitrogens with one attached hydrogen (secondary N) is 1. The van der Waals surface area contributed by atoms with Gasteiger partial charge < -0.3 is 15.0 Å². The molecule has 1 amide bonds. The van der Waals surface area contributed by atoms with Crippen LogP contribution in [0.4, 0.5) is 0 Å². The summed E-state index contributed by atoms with van der Waals surface area (Å²) in [6.45, 7) is 6.90. The summed E-state index contributed by atoms with van der Waals surface area (Å²) in [5.74, 6) is 0.213. The Bertz CT molecular complexity index is 580. The number of hydrogen-bond acceptors (Lipinski definition) is 4. The molecule has 1 aromatic rings. The Morgan fingerprint density at radius 1 is 1.23 bits per heavy atom. The first kappa shape index (κ1) is 19.3. The van der Waals surface area contributed by atoms with Crippen molar-refractivity contribution in [3.63, 3.8) is 0 Å². The molecule has 0 saturated carbocycles. The van der Waals surface area contributed by atoms with Crippen molar-refractivity contribution in [3.05, 3.63) is 35.4 Å². The van der Waals surface area contributed by atoms with Gasteiger partial charge in [-0.15, -0.1) is 0 Å². The highest BCUT2D eigenvalue weighted by molar-refractivity contribution is 5.78. The average Bonchev–Trinajstić information content (AvgIpc) is 3.16. The van der Waals surface area contributed by atoms with Crippen molar-refractivity contribution in [1.29, 1.82) is 0 Å². The lowest BCUT2D eigenvalue weighted by molar-refractivity contribution is -0.135. The average molecular weight is 360 g/mol. The van der Waals surface area contributed by atoms with E-state index in [0.29, 0.717) is 25.7 Å². The molecule has 2 heterocycles. The molecule has 0 spiro atoms. The van der Waals surface area contributed by atoms with Gasteiger partial charge >= 0.3 is 0 Å². The molecule has 5 nitrogen and oxygen atoms in total. The van der Waals surface area contributed by atoms with Gasteiger partial charge in [0, 0.05) is 25.7 Å². The van der Waals surface area contributed by atoms with Crippen molar-refractivity contribution in [1.82, 2.24) is 15.1 Å². The molecule has 0 unspecified atom stereocenters. The molecule has 1 N–H and O–H groups in total. The Balaban J connectivity index is 1.64. The molecule has 2 aliphatic rings. The normalized spacial score (nSPS) is 21.3. The van der Waals surface area contributed by atoms with Crippen molar-refractivity contribution < 1.29 is 9.53 Å². The number of benzene rings is 1. The summed E-state index contributed by atoms with van der Waals surface area (Å²) < 4.78 is 5.81. The Hall–Kier alpha value is -1.43. The van der Waals surface area contributed by atoms with Gasteiger partial charge in [-0.25, -0.2) is 0 Å². The molecule has 3 rings (SSSR count). The van der Waals surface area contributed by atoms with Gasteiger partial charge in [-0.05, 0) is 63.9 Å². The Morgan fingerprint density at radius 2 is 2.00 bits per heavy atom. The van der Waals surface area contributed by atoms with Gasteiger partial charge in [0.25, 0.3) is 0 Å². The largest absolute Gasteiger partial charge is 0.376 e. The molecule has 2 fully saturated rings. The SMILES string of the molecule is Cc1ccccc1CN(C[C@@H]1CCCO1)C(=O)CN(C)C1CCNCC1. The summed E-state index contributed by atoms with van der Waals surface area (Å²) >= 11 is 0. The lowest BCUT2D eigenvalue weighted by Crippen LogP contribution is -2.47. The van der Waals surface area contributed by atoms with E-state index in [1.54, 1.807) is 0 Å². The number of ether oxygens (including phenoxy) is 1. The molecule has 5 heteroatoms.